The number of hydrogen-bond acceptors (Lipinski definition) is 4. The number of aryl methyl sites for hydroxylation is 1. The number of amides is 1. The number of carbonyl (C=O) groups is 2. The fraction of sp³-hybridized carbons (Fsp3) is 0.367. The van der Waals surface area contributed by atoms with Crippen molar-refractivity contribution in [1.29, 1.82) is 0 Å². The van der Waals surface area contributed by atoms with Crippen LogP contribution in [-0.4, -0.2) is 28.2 Å². The van der Waals surface area contributed by atoms with Crippen molar-refractivity contribution in [1.82, 2.24) is 9.88 Å². The van der Waals surface area contributed by atoms with Gasteiger partial charge in [-0.05, 0) is 55.2 Å². The lowest BCUT2D eigenvalue weighted by Gasteiger charge is -2.25. The standard InChI is InChI=1S/C30H36N2O5/c1-4-6-15-27(32-20-21(3)16-24(30(32)36)17-22-11-8-7-9-12-22)29(35)31-26(19-28(33)34)23-13-10-14-25(18-23)37-5-2/h7-14,16,18,20,26-27H,4-6,15,17,19H2,1-3H3,(H,31,35)(H,33,34)/t26-,27?/m0/s1. The number of ether oxygens (including phenoxy) is 1. The zero-order valence-corrected chi connectivity index (χ0v) is 21.8. The molecule has 2 atom stereocenters. The summed E-state index contributed by atoms with van der Waals surface area (Å²) in [6.07, 6.45) is 3.97. The van der Waals surface area contributed by atoms with Gasteiger partial charge in [0.2, 0.25) is 5.91 Å². The van der Waals surface area contributed by atoms with E-state index in [1.807, 2.05) is 57.2 Å². The van der Waals surface area contributed by atoms with Crippen LogP contribution >= 0.6 is 0 Å². The van der Waals surface area contributed by atoms with Gasteiger partial charge in [-0.2, -0.15) is 0 Å². The molecule has 37 heavy (non-hydrogen) atoms. The van der Waals surface area contributed by atoms with Crippen LogP contribution in [0.25, 0.3) is 0 Å². The summed E-state index contributed by atoms with van der Waals surface area (Å²) in [7, 11) is 0. The summed E-state index contributed by atoms with van der Waals surface area (Å²) in [4.78, 5) is 38.9. The first kappa shape index (κ1) is 27.7. The van der Waals surface area contributed by atoms with Gasteiger partial charge < -0.3 is 19.7 Å². The highest BCUT2D eigenvalue weighted by Crippen LogP contribution is 2.24. The molecule has 1 unspecified atom stereocenters. The number of nitrogens with one attached hydrogen (secondary N) is 1. The molecule has 3 rings (SSSR count). The van der Waals surface area contributed by atoms with E-state index in [9.17, 15) is 19.5 Å². The highest BCUT2D eigenvalue weighted by atomic mass is 16.5. The predicted molar refractivity (Wildman–Crippen MR) is 144 cm³/mol. The number of benzene rings is 2. The molecule has 2 N–H and O–H groups in total. The molecule has 0 aliphatic heterocycles. The number of aliphatic carboxylic acids is 1. The number of unbranched alkanes of at least 4 members (excludes halogenated alkanes) is 1. The Kier molecular flexibility index (Phi) is 10.1. The van der Waals surface area contributed by atoms with Crippen molar-refractivity contribution in [2.75, 3.05) is 6.61 Å². The Morgan fingerprint density at radius 2 is 1.81 bits per heavy atom. The zero-order chi connectivity index (χ0) is 26.8. The maximum atomic E-state index is 13.7. The second kappa shape index (κ2) is 13.4. The fourth-order valence-corrected chi connectivity index (χ4v) is 4.47. The van der Waals surface area contributed by atoms with Gasteiger partial charge in [0, 0.05) is 18.2 Å². The molecule has 0 fully saturated rings. The van der Waals surface area contributed by atoms with Gasteiger partial charge in [-0.25, -0.2) is 0 Å². The van der Waals surface area contributed by atoms with Gasteiger partial charge in [0.25, 0.3) is 5.56 Å². The van der Waals surface area contributed by atoms with E-state index in [1.54, 1.807) is 30.5 Å². The van der Waals surface area contributed by atoms with E-state index < -0.39 is 18.1 Å². The van der Waals surface area contributed by atoms with Gasteiger partial charge in [-0.1, -0.05) is 62.2 Å². The molecule has 7 heteroatoms. The summed E-state index contributed by atoms with van der Waals surface area (Å²) in [6.45, 7) is 6.28. The van der Waals surface area contributed by atoms with Crippen molar-refractivity contribution >= 4 is 11.9 Å². The van der Waals surface area contributed by atoms with Gasteiger partial charge in [-0.15, -0.1) is 0 Å². The first-order valence-corrected chi connectivity index (χ1v) is 12.8. The number of carboxylic acids is 1. The van der Waals surface area contributed by atoms with Crippen molar-refractivity contribution in [3.05, 3.63) is 99.5 Å². The van der Waals surface area contributed by atoms with Gasteiger partial charge >= 0.3 is 5.97 Å². The van der Waals surface area contributed by atoms with Crippen LogP contribution in [0.4, 0.5) is 0 Å². The number of carboxylic acid groups (broad SMARTS) is 1. The molecule has 196 valence electrons. The Labute approximate surface area is 218 Å². The van der Waals surface area contributed by atoms with E-state index >= 15 is 0 Å². The molecule has 7 nitrogen and oxygen atoms in total. The van der Waals surface area contributed by atoms with E-state index in [0.717, 1.165) is 24.0 Å². The van der Waals surface area contributed by atoms with Gasteiger partial charge in [0.1, 0.15) is 11.8 Å². The Bertz CT molecular complexity index is 1250. The minimum absolute atomic E-state index is 0.209. The molecule has 3 aromatic rings. The van der Waals surface area contributed by atoms with Crippen LogP contribution in [0.15, 0.2) is 71.7 Å². The topological polar surface area (TPSA) is 97.6 Å². The lowest BCUT2D eigenvalue weighted by molar-refractivity contribution is -0.138. The number of nitrogens with zero attached hydrogens (tertiary/aromatic N) is 1. The minimum atomic E-state index is -1.03. The Balaban J connectivity index is 1.95. The second-order valence-electron chi connectivity index (χ2n) is 9.24. The van der Waals surface area contributed by atoms with Crippen LogP contribution < -0.4 is 15.6 Å². The first-order valence-electron chi connectivity index (χ1n) is 12.8. The summed E-state index contributed by atoms with van der Waals surface area (Å²) in [5.41, 5.74) is 2.94. The molecular formula is C30H36N2O5. The van der Waals surface area contributed by atoms with Crippen molar-refractivity contribution < 1.29 is 19.4 Å². The number of aromatic nitrogens is 1. The average molecular weight is 505 g/mol. The highest BCUT2D eigenvalue weighted by molar-refractivity contribution is 5.81. The molecule has 2 aromatic carbocycles. The van der Waals surface area contributed by atoms with Crippen LogP contribution in [0.5, 0.6) is 5.75 Å². The largest absolute Gasteiger partial charge is 0.494 e. The Hall–Kier alpha value is -3.87. The lowest BCUT2D eigenvalue weighted by Crippen LogP contribution is -2.40. The zero-order valence-electron chi connectivity index (χ0n) is 21.8. The van der Waals surface area contributed by atoms with Crippen LogP contribution in [-0.2, 0) is 16.0 Å². The minimum Gasteiger partial charge on any atom is -0.494 e. The third-order valence-corrected chi connectivity index (χ3v) is 6.23. The summed E-state index contributed by atoms with van der Waals surface area (Å²) in [5, 5.41) is 12.5. The number of carbonyl (C=O) groups excluding carboxylic acids is 1. The van der Waals surface area contributed by atoms with Crippen LogP contribution in [0.2, 0.25) is 0 Å². The molecule has 1 aromatic heterocycles. The van der Waals surface area contributed by atoms with Crippen molar-refractivity contribution in [2.24, 2.45) is 0 Å². The molecule has 1 amide bonds. The highest BCUT2D eigenvalue weighted by Gasteiger charge is 2.26. The maximum absolute atomic E-state index is 13.7. The van der Waals surface area contributed by atoms with E-state index in [-0.39, 0.29) is 17.9 Å². The fourth-order valence-electron chi connectivity index (χ4n) is 4.47. The number of pyridine rings is 1. The summed E-state index contributed by atoms with van der Waals surface area (Å²) < 4.78 is 7.08. The molecular weight excluding hydrogens is 468 g/mol. The van der Waals surface area contributed by atoms with Gasteiger partial charge in [-0.3, -0.25) is 14.4 Å². The SMILES string of the molecule is CCCCC(C(=O)N[C@@H](CC(=O)O)c1cccc(OCC)c1)n1cc(C)cc(Cc2ccccc2)c1=O. The van der Waals surface area contributed by atoms with Crippen LogP contribution in [0.3, 0.4) is 0 Å². The van der Waals surface area contributed by atoms with E-state index in [2.05, 4.69) is 5.32 Å². The molecule has 0 saturated carbocycles. The molecule has 0 aliphatic rings. The van der Waals surface area contributed by atoms with E-state index in [1.165, 1.54) is 4.57 Å². The molecule has 0 radical (unpaired) electrons. The molecule has 0 aliphatic carbocycles. The second-order valence-corrected chi connectivity index (χ2v) is 9.24. The first-order chi connectivity index (χ1) is 17.8. The average Bonchev–Trinajstić information content (AvgIpc) is 2.87. The molecule has 1 heterocycles. The molecule has 0 bridgehead atoms. The Morgan fingerprint density at radius 1 is 1.05 bits per heavy atom. The van der Waals surface area contributed by atoms with Crippen molar-refractivity contribution in [3.63, 3.8) is 0 Å². The predicted octanol–water partition coefficient (Wildman–Crippen LogP) is 5.21. The third-order valence-electron chi connectivity index (χ3n) is 6.23. The number of hydrogen-bond donors (Lipinski definition) is 2. The quantitative estimate of drug-likeness (QED) is 0.333. The van der Waals surface area contributed by atoms with E-state index in [4.69, 9.17) is 4.74 Å². The normalized spacial score (nSPS) is 12.5. The maximum Gasteiger partial charge on any atom is 0.305 e. The lowest BCUT2D eigenvalue weighted by atomic mass is 10.0. The van der Waals surface area contributed by atoms with Crippen molar-refractivity contribution in [3.8, 4) is 5.75 Å². The van der Waals surface area contributed by atoms with Crippen LogP contribution in [0.1, 0.15) is 73.9 Å². The third kappa shape index (κ3) is 7.81. The summed E-state index contributed by atoms with van der Waals surface area (Å²) in [5.74, 6) is -0.803. The number of rotatable bonds is 13. The van der Waals surface area contributed by atoms with E-state index in [0.29, 0.717) is 36.3 Å². The Morgan fingerprint density at radius 3 is 2.49 bits per heavy atom. The van der Waals surface area contributed by atoms with Crippen LogP contribution in [0, 0.1) is 6.92 Å². The molecule has 0 saturated heterocycles. The van der Waals surface area contributed by atoms with Gasteiger partial charge in [0.15, 0.2) is 0 Å². The molecule has 0 spiro atoms. The monoisotopic (exact) mass is 504 g/mol. The smallest absolute Gasteiger partial charge is 0.305 e. The summed E-state index contributed by atoms with van der Waals surface area (Å²) >= 11 is 0. The van der Waals surface area contributed by atoms with Crippen molar-refractivity contribution in [2.45, 2.75) is 65.0 Å². The summed E-state index contributed by atoms with van der Waals surface area (Å²) in [6, 6.07) is 17.2. The van der Waals surface area contributed by atoms with Gasteiger partial charge in [0.05, 0.1) is 19.1 Å².